The van der Waals surface area contributed by atoms with Crippen molar-refractivity contribution < 1.29 is 9.59 Å². The van der Waals surface area contributed by atoms with Crippen molar-refractivity contribution in [2.45, 2.75) is 25.8 Å². The van der Waals surface area contributed by atoms with Crippen LogP contribution >= 0.6 is 0 Å². The number of nitrogen functional groups attached to an aromatic ring is 1. The second kappa shape index (κ2) is 5.08. The van der Waals surface area contributed by atoms with E-state index in [2.05, 4.69) is 10.6 Å². The lowest BCUT2D eigenvalue weighted by Gasteiger charge is -2.23. The van der Waals surface area contributed by atoms with Gasteiger partial charge in [-0.1, -0.05) is 11.6 Å². The molecule has 1 saturated heterocycles. The molecule has 1 atom stereocenters. The van der Waals surface area contributed by atoms with Gasteiger partial charge in [0.15, 0.2) is 0 Å². The molecule has 5 nitrogen and oxygen atoms in total. The number of nitrogens with one attached hydrogen (secondary N) is 2. The summed E-state index contributed by atoms with van der Waals surface area (Å²) in [7, 11) is 0. The molecule has 0 bridgehead atoms. The van der Waals surface area contributed by atoms with Gasteiger partial charge in [-0.05, 0) is 31.9 Å². The average molecular weight is 247 g/mol. The van der Waals surface area contributed by atoms with Crippen molar-refractivity contribution in [2.75, 3.05) is 12.3 Å². The van der Waals surface area contributed by atoms with Gasteiger partial charge in [0.2, 0.25) is 5.91 Å². The van der Waals surface area contributed by atoms with E-state index in [-0.39, 0.29) is 11.8 Å². The number of hydrogen-bond acceptors (Lipinski definition) is 3. The van der Waals surface area contributed by atoms with Crippen LogP contribution in [0.5, 0.6) is 0 Å². The summed E-state index contributed by atoms with van der Waals surface area (Å²) < 4.78 is 0. The van der Waals surface area contributed by atoms with Crippen molar-refractivity contribution in [2.24, 2.45) is 0 Å². The molecule has 0 aliphatic carbocycles. The lowest BCUT2D eigenvalue weighted by Crippen LogP contribution is -2.50. The fourth-order valence-electron chi connectivity index (χ4n) is 2.01. The van der Waals surface area contributed by atoms with Gasteiger partial charge < -0.3 is 16.4 Å². The molecule has 18 heavy (non-hydrogen) atoms. The summed E-state index contributed by atoms with van der Waals surface area (Å²) in [6.45, 7) is 2.57. The minimum atomic E-state index is -0.453. The molecule has 5 heteroatoms. The summed E-state index contributed by atoms with van der Waals surface area (Å²) in [4.78, 5) is 23.6. The van der Waals surface area contributed by atoms with E-state index in [1.807, 2.05) is 13.0 Å². The number of piperidine rings is 1. The molecule has 0 spiro atoms. The highest BCUT2D eigenvalue weighted by atomic mass is 16.2. The van der Waals surface area contributed by atoms with Gasteiger partial charge in [-0.3, -0.25) is 9.59 Å². The Morgan fingerprint density at radius 1 is 1.50 bits per heavy atom. The largest absolute Gasteiger partial charge is 0.398 e. The highest BCUT2D eigenvalue weighted by Gasteiger charge is 2.24. The number of nitrogens with two attached hydrogens (primary N) is 1. The molecule has 1 heterocycles. The predicted molar refractivity (Wildman–Crippen MR) is 69.1 cm³/mol. The van der Waals surface area contributed by atoms with Crippen LogP contribution in [0, 0.1) is 6.92 Å². The Balaban J connectivity index is 2.11. The molecule has 2 amide bonds. The molecular weight excluding hydrogens is 230 g/mol. The van der Waals surface area contributed by atoms with E-state index in [0.717, 1.165) is 12.0 Å². The fourth-order valence-corrected chi connectivity index (χ4v) is 2.01. The number of rotatable bonds is 2. The third-order valence-corrected chi connectivity index (χ3v) is 3.04. The normalized spacial score (nSPS) is 19.2. The van der Waals surface area contributed by atoms with Gasteiger partial charge in [0.05, 0.1) is 5.56 Å². The van der Waals surface area contributed by atoms with Gasteiger partial charge in [0.1, 0.15) is 6.04 Å². The summed E-state index contributed by atoms with van der Waals surface area (Å²) in [5.74, 6) is -0.418. The van der Waals surface area contributed by atoms with E-state index in [0.29, 0.717) is 24.2 Å². The van der Waals surface area contributed by atoms with Gasteiger partial charge in [0.25, 0.3) is 5.91 Å². The molecular formula is C13H17N3O2. The molecule has 0 saturated carbocycles. The standard InChI is InChI=1S/C13H17N3O2/c1-8-4-5-10(14)9(7-8)12(17)16-11-3-2-6-15-13(11)18/h4-5,7,11H,2-3,6,14H2,1H3,(H,15,18)(H,16,17). The Labute approximate surface area is 106 Å². The van der Waals surface area contributed by atoms with E-state index < -0.39 is 6.04 Å². The Kier molecular flexibility index (Phi) is 3.50. The maximum Gasteiger partial charge on any atom is 0.254 e. The monoisotopic (exact) mass is 247 g/mol. The molecule has 1 aliphatic rings. The van der Waals surface area contributed by atoms with Crippen LogP contribution in [0.4, 0.5) is 5.69 Å². The van der Waals surface area contributed by atoms with Crippen LogP contribution in [0.1, 0.15) is 28.8 Å². The van der Waals surface area contributed by atoms with Crippen molar-refractivity contribution in [3.05, 3.63) is 29.3 Å². The highest BCUT2D eigenvalue weighted by Crippen LogP contribution is 2.14. The van der Waals surface area contributed by atoms with Crippen LogP contribution in [0.2, 0.25) is 0 Å². The van der Waals surface area contributed by atoms with Gasteiger partial charge in [-0.15, -0.1) is 0 Å². The molecule has 2 rings (SSSR count). The zero-order valence-corrected chi connectivity index (χ0v) is 10.3. The SMILES string of the molecule is Cc1ccc(N)c(C(=O)NC2CCCNC2=O)c1. The van der Waals surface area contributed by atoms with Gasteiger partial charge in [-0.25, -0.2) is 0 Å². The van der Waals surface area contributed by atoms with Crippen molar-refractivity contribution in [3.8, 4) is 0 Å². The van der Waals surface area contributed by atoms with Crippen LogP contribution in [0.25, 0.3) is 0 Å². The summed E-state index contributed by atoms with van der Waals surface area (Å²) in [5, 5.41) is 5.45. The minimum absolute atomic E-state index is 0.124. The van der Waals surface area contributed by atoms with E-state index in [9.17, 15) is 9.59 Å². The van der Waals surface area contributed by atoms with Gasteiger partial charge >= 0.3 is 0 Å². The molecule has 0 radical (unpaired) electrons. The minimum Gasteiger partial charge on any atom is -0.398 e. The summed E-state index contributed by atoms with van der Waals surface area (Å²) in [5.41, 5.74) is 7.58. The van der Waals surface area contributed by atoms with Crippen molar-refractivity contribution in [1.82, 2.24) is 10.6 Å². The molecule has 96 valence electrons. The van der Waals surface area contributed by atoms with Crippen LogP contribution in [-0.4, -0.2) is 24.4 Å². The van der Waals surface area contributed by atoms with Gasteiger partial charge in [-0.2, -0.15) is 0 Å². The Bertz CT molecular complexity index is 485. The third-order valence-electron chi connectivity index (χ3n) is 3.04. The first-order chi connectivity index (χ1) is 8.58. The van der Waals surface area contributed by atoms with Crippen LogP contribution in [-0.2, 0) is 4.79 Å². The molecule has 0 aromatic heterocycles. The maximum atomic E-state index is 12.1. The number of hydrogen-bond donors (Lipinski definition) is 3. The molecule has 1 aromatic carbocycles. The van der Waals surface area contributed by atoms with E-state index in [1.165, 1.54) is 0 Å². The molecule has 4 N–H and O–H groups in total. The second-order valence-corrected chi connectivity index (χ2v) is 4.55. The zero-order chi connectivity index (χ0) is 13.1. The fraction of sp³-hybridized carbons (Fsp3) is 0.385. The smallest absolute Gasteiger partial charge is 0.254 e. The van der Waals surface area contributed by atoms with Crippen molar-refractivity contribution >= 4 is 17.5 Å². The Morgan fingerprint density at radius 2 is 2.28 bits per heavy atom. The van der Waals surface area contributed by atoms with Crippen molar-refractivity contribution in [1.29, 1.82) is 0 Å². The zero-order valence-electron chi connectivity index (χ0n) is 10.3. The van der Waals surface area contributed by atoms with E-state index in [1.54, 1.807) is 12.1 Å². The number of aryl methyl sites for hydroxylation is 1. The quantitative estimate of drug-likeness (QED) is 0.669. The summed E-state index contributed by atoms with van der Waals surface area (Å²) in [6, 6.07) is 4.82. The first-order valence-electron chi connectivity index (χ1n) is 6.02. The first-order valence-corrected chi connectivity index (χ1v) is 6.02. The average Bonchev–Trinajstić information content (AvgIpc) is 2.35. The summed E-state index contributed by atoms with van der Waals surface area (Å²) >= 11 is 0. The Hall–Kier alpha value is -2.04. The van der Waals surface area contributed by atoms with Crippen LogP contribution in [0.3, 0.4) is 0 Å². The van der Waals surface area contributed by atoms with E-state index in [4.69, 9.17) is 5.73 Å². The van der Waals surface area contributed by atoms with E-state index >= 15 is 0 Å². The van der Waals surface area contributed by atoms with Crippen molar-refractivity contribution in [3.63, 3.8) is 0 Å². The first kappa shape index (κ1) is 12.4. The number of carbonyl (C=O) groups is 2. The topological polar surface area (TPSA) is 84.2 Å². The van der Waals surface area contributed by atoms with Crippen LogP contribution < -0.4 is 16.4 Å². The molecule has 1 fully saturated rings. The molecule has 1 aromatic rings. The molecule has 1 aliphatic heterocycles. The van der Waals surface area contributed by atoms with Crippen LogP contribution in [0.15, 0.2) is 18.2 Å². The number of benzene rings is 1. The number of carbonyl (C=O) groups excluding carboxylic acids is 2. The summed E-state index contributed by atoms with van der Waals surface area (Å²) in [6.07, 6.45) is 1.54. The number of anilines is 1. The maximum absolute atomic E-state index is 12.1. The predicted octanol–water partition coefficient (Wildman–Crippen LogP) is 0.586. The lowest BCUT2D eigenvalue weighted by molar-refractivity contribution is -0.124. The number of amides is 2. The van der Waals surface area contributed by atoms with Gasteiger partial charge in [0, 0.05) is 12.2 Å². The lowest BCUT2D eigenvalue weighted by atomic mass is 10.0. The molecule has 1 unspecified atom stereocenters. The Morgan fingerprint density at radius 3 is 3.00 bits per heavy atom. The highest BCUT2D eigenvalue weighted by molar-refractivity contribution is 6.01. The second-order valence-electron chi connectivity index (χ2n) is 4.55. The third kappa shape index (κ3) is 2.61.